The summed E-state index contributed by atoms with van der Waals surface area (Å²) in [4.78, 5) is 2.29. The fourth-order valence-electron chi connectivity index (χ4n) is 4.00. The standard InChI is InChI=1S/C22H29NO3/c1-2-20(21(25)18-8-10-19(24)11-9-18)23-14-12-22(26,13-15-23)16-17-6-4-3-5-7-17/h3-11,20-21,24-26H,2,12-16H2,1H3/t20-,21-/m0/s1. The van der Waals surface area contributed by atoms with Gasteiger partial charge in [0.1, 0.15) is 5.75 Å². The zero-order valence-corrected chi connectivity index (χ0v) is 15.4. The Morgan fingerprint density at radius 1 is 1.00 bits per heavy atom. The summed E-state index contributed by atoms with van der Waals surface area (Å²) in [7, 11) is 0. The number of likely N-dealkylation sites (tertiary alicyclic amines) is 1. The Kier molecular flexibility index (Phi) is 5.97. The maximum atomic E-state index is 11.0. The maximum absolute atomic E-state index is 11.0. The SMILES string of the molecule is CC[C@@H]([C@@H](O)c1ccc(O)cc1)N1CCC(O)(Cc2ccccc2)CC1. The number of benzene rings is 2. The van der Waals surface area contributed by atoms with E-state index in [1.165, 1.54) is 5.56 Å². The van der Waals surface area contributed by atoms with Crippen LogP contribution in [0.2, 0.25) is 0 Å². The molecule has 3 rings (SSSR count). The Morgan fingerprint density at radius 2 is 1.62 bits per heavy atom. The lowest BCUT2D eigenvalue weighted by atomic mass is 9.84. The Labute approximate surface area is 155 Å². The quantitative estimate of drug-likeness (QED) is 0.744. The summed E-state index contributed by atoms with van der Waals surface area (Å²) in [6.07, 6.45) is 2.33. The molecule has 2 aromatic carbocycles. The minimum absolute atomic E-state index is 0.0146. The fourth-order valence-corrected chi connectivity index (χ4v) is 4.00. The van der Waals surface area contributed by atoms with Gasteiger partial charge in [-0.15, -0.1) is 0 Å². The molecule has 2 atom stereocenters. The highest BCUT2D eigenvalue weighted by atomic mass is 16.3. The molecule has 26 heavy (non-hydrogen) atoms. The van der Waals surface area contributed by atoms with Crippen molar-refractivity contribution in [3.8, 4) is 5.75 Å². The minimum atomic E-state index is -0.667. The number of hydrogen-bond acceptors (Lipinski definition) is 4. The lowest BCUT2D eigenvalue weighted by Crippen LogP contribution is -2.50. The third-order valence-electron chi connectivity index (χ3n) is 5.59. The second-order valence-corrected chi connectivity index (χ2v) is 7.43. The monoisotopic (exact) mass is 355 g/mol. The van der Waals surface area contributed by atoms with E-state index in [2.05, 4.69) is 24.0 Å². The topological polar surface area (TPSA) is 63.9 Å². The van der Waals surface area contributed by atoms with Crippen molar-refractivity contribution in [3.05, 3.63) is 65.7 Å². The Bertz CT molecular complexity index is 678. The number of aliphatic hydroxyl groups is 2. The van der Waals surface area contributed by atoms with Gasteiger partial charge in [-0.05, 0) is 42.5 Å². The summed E-state index contributed by atoms with van der Waals surface area (Å²) in [5.41, 5.74) is 1.32. The van der Waals surface area contributed by atoms with Crippen molar-refractivity contribution in [2.75, 3.05) is 13.1 Å². The molecule has 140 valence electrons. The van der Waals surface area contributed by atoms with Crippen molar-refractivity contribution in [1.82, 2.24) is 4.90 Å². The molecule has 1 aliphatic heterocycles. The zero-order chi connectivity index (χ0) is 18.6. The van der Waals surface area contributed by atoms with Gasteiger partial charge in [-0.3, -0.25) is 4.90 Å². The van der Waals surface area contributed by atoms with E-state index in [4.69, 9.17) is 0 Å². The van der Waals surface area contributed by atoms with E-state index in [1.54, 1.807) is 24.3 Å². The Hall–Kier alpha value is -1.88. The van der Waals surface area contributed by atoms with Crippen LogP contribution in [0.3, 0.4) is 0 Å². The first-order chi connectivity index (χ1) is 12.5. The molecular formula is C22H29NO3. The van der Waals surface area contributed by atoms with Crippen molar-refractivity contribution in [1.29, 1.82) is 0 Å². The maximum Gasteiger partial charge on any atom is 0.115 e. The van der Waals surface area contributed by atoms with E-state index in [0.29, 0.717) is 19.3 Å². The molecule has 1 fully saturated rings. The van der Waals surface area contributed by atoms with Gasteiger partial charge < -0.3 is 15.3 Å². The molecule has 1 saturated heterocycles. The summed E-state index contributed by atoms with van der Waals surface area (Å²) in [6, 6.07) is 16.9. The highest BCUT2D eigenvalue weighted by Gasteiger charge is 2.36. The molecule has 0 aromatic heterocycles. The molecule has 1 aliphatic rings. The minimum Gasteiger partial charge on any atom is -0.508 e. The fraction of sp³-hybridized carbons (Fsp3) is 0.455. The molecule has 0 saturated carbocycles. The molecule has 4 heteroatoms. The first kappa shape index (κ1) is 18.9. The van der Waals surface area contributed by atoms with Gasteiger partial charge in [0.25, 0.3) is 0 Å². The highest BCUT2D eigenvalue weighted by Crippen LogP contribution is 2.31. The van der Waals surface area contributed by atoms with Gasteiger partial charge in [0.2, 0.25) is 0 Å². The van der Waals surface area contributed by atoms with Crippen LogP contribution in [0.1, 0.15) is 43.4 Å². The van der Waals surface area contributed by atoms with Gasteiger partial charge in [-0.1, -0.05) is 49.4 Å². The van der Waals surface area contributed by atoms with Gasteiger partial charge in [-0.25, -0.2) is 0 Å². The van der Waals surface area contributed by atoms with Crippen molar-refractivity contribution in [2.24, 2.45) is 0 Å². The molecule has 0 aliphatic carbocycles. The molecule has 0 amide bonds. The van der Waals surface area contributed by atoms with Crippen molar-refractivity contribution < 1.29 is 15.3 Å². The lowest BCUT2D eigenvalue weighted by molar-refractivity contribution is -0.0497. The van der Waals surface area contributed by atoms with Gasteiger partial charge >= 0.3 is 0 Å². The van der Waals surface area contributed by atoms with Crippen LogP contribution in [0.15, 0.2) is 54.6 Å². The lowest BCUT2D eigenvalue weighted by Gasteiger charge is -2.43. The Morgan fingerprint density at radius 3 is 2.19 bits per heavy atom. The molecule has 3 N–H and O–H groups in total. The number of piperidine rings is 1. The van der Waals surface area contributed by atoms with Gasteiger partial charge in [0.15, 0.2) is 0 Å². The number of rotatable bonds is 6. The predicted octanol–water partition coefficient (Wildman–Crippen LogP) is 3.27. The van der Waals surface area contributed by atoms with Gasteiger partial charge in [0.05, 0.1) is 11.7 Å². The smallest absolute Gasteiger partial charge is 0.115 e. The number of hydrogen-bond donors (Lipinski definition) is 3. The molecule has 0 bridgehead atoms. The van der Waals surface area contributed by atoms with E-state index < -0.39 is 11.7 Å². The first-order valence-corrected chi connectivity index (χ1v) is 9.48. The van der Waals surface area contributed by atoms with Crippen LogP contribution in [-0.4, -0.2) is 45.0 Å². The summed E-state index contributed by atoms with van der Waals surface area (Å²) in [5.74, 6) is 0.206. The van der Waals surface area contributed by atoms with E-state index in [-0.39, 0.29) is 11.8 Å². The number of phenolic OH excluding ortho intramolecular Hbond substituents is 1. The van der Waals surface area contributed by atoms with Crippen LogP contribution in [0, 0.1) is 0 Å². The average Bonchev–Trinajstić information content (AvgIpc) is 2.65. The second-order valence-electron chi connectivity index (χ2n) is 7.43. The molecule has 2 aromatic rings. The van der Waals surface area contributed by atoms with E-state index in [1.807, 2.05) is 18.2 Å². The van der Waals surface area contributed by atoms with E-state index >= 15 is 0 Å². The van der Waals surface area contributed by atoms with E-state index in [0.717, 1.165) is 25.1 Å². The zero-order valence-electron chi connectivity index (χ0n) is 15.4. The predicted molar refractivity (Wildman–Crippen MR) is 103 cm³/mol. The molecule has 0 spiro atoms. The highest BCUT2D eigenvalue weighted by molar-refractivity contribution is 5.28. The normalized spacial score (nSPS) is 19.8. The van der Waals surface area contributed by atoms with Crippen molar-refractivity contribution >= 4 is 0 Å². The number of nitrogens with zero attached hydrogens (tertiary/aromatic N) is 1. The molecule has 0 unspecified atom stereocenters. The third kappa shape index (κ3) is 4.44. The molecule has 4 nitrogen and oxygen atoms in total. The molecule has 0 radical (unpaired) electrons. The number of aromatic hydroxyl groups is 1. The van der Waals surface area contributed by atoms with Crippen LogP contribution in [0.25, 0.3) is 0 Å². The van der Waals surface area contributed by atoms with Gasteiger partial charge in [-0.2, -0.15) is 0 Å². The largest absolute Gasteiger partial charge is 0.508 e. The van der Waals surface area contributed by atoms with Crippen LogP contribution in [0.4, 0.5) is 0 Å². The summed E-state index contributed by atoms with van der Waals surface area (Å²) < 4.78 is 0. The molecule has 1 heterocycles. The van der Waals surface area contributed by atoms with Crippen LogP contribution in [0.5, 0.6) is 5.75 Å². The van der Waals surface area contributed by atoms with Gasteiger partial charge in [0, 0.05) is 25.6 Å². The van der Waals surface area contributed by atoms with E-state index in [9.17, 15) is 15.3 Å². The second kappa shape index (κ2) is 8.21. The summed E-state index contributed by atoms with van der Waals surface area (Å²) >= 11 is 0. The van der Waals surface area contributed by atoms with Crippen LogP contribution in [-0.2, 0) is 6.42 Å². The van der Waals surface area contributed by atoms with Crippen LogP contribution >= 0.6 is 0 Å². The Balaban J connectivity index is 1.62. The van der Waals surface area contributed by atoms with Crippen molar-refractivity contribution in [2.45, 2.75) is 50.4 Å². The first-order valence-electron chi connectivity index (χ1n) is 9.48. The number of aliphatic hydroxyl groups excluding tert-OH is 1. The summed E-state index contributed by atoms with van der Waals surface area (Å²) in [5, 5.41) is 31.2. The molecular weight excluding hydrogens is 326 g/mol. The number of phenols is 1. The van der Waals surface area contributed by atoms with Crippen LogP contribution < -0.4 is 0 Å². The summed E-state index contributed by atoms with van der Waals surface area (Å²) in [6.45, 7) is 3.63. The van der Waals surface area contributed by atoms with Crippen molar-refractivity contribution in [3.63, 3.8) is 0 Å². The third-order valence-corrected chi connectivity index (χ3v) is 5.59. The average molecular weight is 355 g/mol.